The Morgan fingerprint density at radius 2 is 2.35 bits per heavy atom. The second-order valence-corrected chi connectivity index (χ2v) is 4.29. The molecule has 8 nitrogen and oxygen atoms in total. The van der Waals surface area contributed by atoms with Crippen molar-refractivity contribution < 1.29 is 14.8 Å². The van der Waals surface area contributed by atoms with Gasteiger partial charge in [0.25, 0.3) is 0 Å². The molecule has 0 unspecified atom stereocenters. The number of carboxylic acid groups (broad SMARTS) is 1. The van der Waals surface area contributed by atoms with E-state index in [-0.39, 0.29) is 17.9 Å². The van der Waals surface area contributed by atoms with E-state index in [9.17, 15) is 14.9 Å². The largest absolute Gasteiger partial charge is 0.481 e. The molecule has 3 N–H and O–H groups in total. The number of aromatic amines is 1. The Hall–Kier alpha value is -2.12. The summed E-state index contributed by atoms with van der Waals surface area (Å²) in [5.74, 6) is -1.13. The SMILES string of the molecule is CC(C)(CCC(=O)O)Nc1cn[nH]c1[N+](=O)[O-]. The van der Waals surface area contributed by atoms with Crippen LogP contribution in [0.5, 0.6) is 0 Å². The van der Waals surface area contributed by atoms with Crippen molar-refractivity contribution in [1.82, 2.24) is 10.2 Å². The van der Waals surface area contributed by atoms with Gasteiger partial charge in [-0.15, -0.1) is 5.10 Å². The monoisotopic (exact) mass is 242 g/mol. The lowest BCUT2D eigenvalue weighted by atomic mass is 9.98. The molecule has 0 saturated carbocycles. The number of nitro groups is 1. The van der Waals surface area contributed by atoms with Crippen LogP contribution in [0.15, 0.2) is 6.20 Å². The third-order valence-electron chi connectivity index (χ3n) is 2.24. The zero-order valence-corrected chi connectivity index (χ0v) is 9.56. The number of hydrogen-bond acceptors (Lipinski definition) is 5. The lowest BCUT2D eigenvalue weighted by molar-refractivity contribution is -0.388. The average molecular weight is 242 g/mol. The van der Waals surface area contributed by atoms with Crippen LogP contribution in [0, 0.1) is 10.1 Å². The van der Waals surface area contributed by atoms with E-state index in [1.165, 1.54) is 6.20 Å². The van der Waals surface area contributed by atoms with Gasteiger partial charge in [0.1, 0.15) is 6.20 Å². The van der Waals surface area contributed by atoms with Gasteiger partial charge < -0.3 is 20.5 Å². The predicted octanol–water partition coefficient (Wildman–Crippen LogP) is 1.37. The highest BCUT2D eigenvalue weighted by Gasteiger charge is 2.24. The van der Waals surface area contributed by atoms with Gasteiger partial charge >= 0.3 is 11.8 Å². The number of nitrogens with zero attached hydrogens (tertiary/aromatic N) is 2. The van der Waals surface area contributed by atoms with Crippen molar-refractivity contribution in [1.29, 1.82) is 0 Å². The van der Waals surface area contributed by atoms with Crippen LogP contribution in [0.2, 0.25) is 0 Å². The van der Waals surface area contributed by atoms with E-state index in [1.54, 1.807) is 13.8 Å². The molecule has 0 fully saturated rings. The maximum absolute atomic E-state index is 10.6. The molecule has 1 rings (SSSR count). The lowest BCUT2D eigenvalue weighted by Gasteiger charge is -2.25. The van der Waals surface area contributed by atoms with Crippen molar-refractivity contribution >= 4 is 17.5 Å². The summed E-state index contributed by atoms with van der Waals surface area (Å²) < 4.78 is 0. The van der Waals surface area contributed by atoms with Crippen LogP contribution in [0.3, 0.4) is 0 Å². The Balaban J connectivity index is 2.72. The molecule has 0 radical (unpaired) electrons. The molecule has 0 aromatic carbocycles. The zero-order valence-electron chi connectivity index (χ0n) is 9.56. The summed E-state index contributed by atoms with van der Waals surface area (Å²) in [6.07, 6.45) is 1.65. The maximum atomic E-state index is 10.6. The quantitative estimate of drug-likeness (QED) is 0.511. The van der Waals surface area contributed by atoms with Crippen LogP contribution >= 0.6 is 0 Å². The summed E-state index contributed by atoms with van der Waals surface area (Å²) in [5, 5.41) is 28.0. The number of nitrogens with one attached hydrogen (secondary N) is 2. The molecule has 1 aromatic rings. The molecule has 0 amide bonds. The molecule has 17 heavy (non-hydrogen) atoms. The molecule has 0 aliphatic heterocycles. The number of rotatable bonds is 6. The third-order valence-corrected chi connectivity index (χ3v) is 2.24. The highest BCUT2D eigenvalue weighted by Crippen LogP contribution is 2.25. The van der Waals surface area contributed by atoms with Crippen molar-refractivity contribution in [2.75, 3.05) is 5.32 Å². The first-order valence-corrected chi connectivity index (χ1v) is 4.99. The van der Waals surface area contributed by atoms with Crippen molar-refractivity contribution in [3.05, 3.63) is 16.3 Å². The fourth-order valence-electron chi connectivity index (χ4n) is 1.36. The molecule has 1 aromatic heterocycles. The number of hydrogen-bond donors (Lipinski definition) is 3. The standard InChI is InChI=1S/C9H14N4O4/c1-9(2,4-3-7(14)15)11-6-5-10-12-8(6)13(16)17/h5,11H,3-4H2,1-2H3,(H,10,12)(H,14,15). The molecule has 0 spiro atoms. The summed E-state index contributed by atoms with van der Waals surface area (Å²) >= 11 is 0. The zero-order chi connectivity index (χ0) is 13.1. The number of aliphatic carboxylic acids is 1. The molecule has 0 bridgehead atoms. The fraction of sp³-hybridized carbons (Fsp3) is 0.556. The van der Waals surface area contributed by atoms with Gasteiger partial charge in [-0.2, -0.15) is 0 Å². The maximum Gasteiger partial charge on any atom is 0.366 e. The Kier molecular flexibility index (Phi) is 3.66. The van der Waals surface area contributed by atoms with Gasteiger partial charge in [0.15, 0.2) is 5.69 Å². The minimum atomic E-state index is -0.901. The average Bonchev–Trinajstić information content (AvgIpc) is 2.62. The molecule has 0 atom stereocenters. The van der Waals surface area contributed by atoms with Gasteiger partial charge in [-0.1, -0.05) is 5.10 Å². The Bertz CT molecular complexity index is 426. The number of aromatic nitrogens is 2. The van der Waals surface area contributed by atoms with E-state index in [0.29, 0.717) is 6.42 Å². The lowest BCUT2D eigenvalue weighted by Crippen LogP contribution is -2.31. The van der Waals surface area contributed by atoms with E-state index < -0.39 is 16.4 Å². The van der Waals surface area contributed by atoms with E-state index in [2.05, 4.69) is 15.5 Å². The van der Waals surface area contributed by atoms with E-state index in [1.807, 2.05) is 0 Å². The van der Waals surface area contributed by atoms with Gasteiger partial charge in [0.2, 0.25) is 0 Å². The Morgan fingerprint density at radius 1 is 1.71 bits per heavy atom. The molecular weight excluding hydrogens is 228 g/mol. The number of H-pyrrole nitrogens is 1. The Labute approximate surface area is 97.2 Å². The number of carboxylic acids is 1. The van der Waals surface area contributed by atoms with Gasteiger partial charge in [-0.3, -0.25) is 4.79 Å². The number of anilines is 1. The van der Waals surface area contributed by atoms with Crippen molar-refractivity contribution in [3.63, 3.8) is 0 Å². The Morgan fingerprint density at radius 3 is 2.88 bits per heavy atom. The van der Waals surface area contributed by atoms with E-state index >= 15 is 0 Å². The second kappa shape index (κ2) is 4.81. The predicted molar refractivity (Wildman–Crippen MR) is 59.8 cm³/mol. The summed E-state index contributed by atoms with van der Waals surface area (Å²) in [4.78, 5) is 20.5. The fourth-order valence-corrected chi connectivity index (χ4v) is 1.36. The molecule has 0 aliphatic rings. The highest BCUT2D eigenvalue weighted by molar-refractivity contribution is 5.67. The van der Waals surface area contributed by atoms with Gasteiger partial charge in [-0.25, -0.2) is 0 Å². The second-order valence-electron chi connectivity index (χ2n) is 4.29. The van der Waals surface area contributed by atoms with Crippen LogP contribution in [0.1, 0.15) is 26.7 Å². The normalized spacial score (nSPS) is 11.2. The molecule has 8 heteroatoms. The van der Waals surface area contributed by atoms with E-state index in [0.717, 1.165) is 0 Å². The summed E-state index contributed by atoms with van der Waals surface area (Å²) in [5.41, 5.74) is -0.307. The highest BCUT2D eigenvalue weighted by atomic mass is 16.6. The molecule has 0 saturated heterocycles. The molecule has 0 aliphatic carbocycles. The smallest absolute Gasteiger partial charge is 0.366 e. The first-order chi connectivity index (χ1) is 7.82. The van der Waals surface area contributed by atoms with Crippen molar-refractivity contribution in [2.45, 2.75) is 32.2 Å². The molecule has 94 valence electrons. The topological polar surface area (TPSA) is 121 Å². The van der Waals surface area contributed by atoms with Crippen LogP contribution < -0.4 is 5.32 Å². The first kappa shape index (κ1) is 12.9. The van der Waals surface area contributed by atoms with Crippen LogP contribution in [0.25, 0.3) is 0 Å². The van der Waals surface area contributed by atoms with Crippen molar-refractivity contribution in [2.24, 2.45) is 0 Å². The molecule has 1 heterocycles. The first-order valence-electron chi connectivity index (χ1n) is 4.99. The van der Waals surface area contributed by atoms with Gasteiger partial charge in [0.05, 0.1) is 0 Å². The summed E-state index contributed by atoms with van der Waals surface area (Å²) in [6.45, 7) is 3.54. The third kappa shape index (κ3) is 3.74. The van der Waals surface area contributed by atoms with Crippen molar-refractivity contribution in [3.8, 4) is 0 Å². The minimum absolute atomic E-state index is 0.00828. The number of carbonyl (C=O) groups is 1. The summed E-state index contributed by atoms with van der Waals surface area (Å²) in [6, 6.07) is 0. The molecular formula is C9H14N4O4. The van der Waals surface area contributed by atoms with E-state index in [4.69, 9.17) is 5.11 Å². The minimum Gasteiger partial charge on any atom is -0.481 e. The van der Waals surface area contributed by atoms with Crippen LogP contribution in [-0.2, 0) is 4.79 Å². The van der Waals surface area contributed by atoms with Crippen LogP contribution in [-0.4, -0.2) is 31.7 Å². The van der Waals surface area contributed by atoms with Crippen LogP contribution in [0.4, 0.5) is 11.5 Å². The van der Waals surface area contributed by atoms with Gasteiger partial charge in [-0.05, 0) is 25.2 Å². The summed E-state index contributed by atoms with van der Waals surface area (Å²) in [7, 11) is 0. The van der Waals surface area contributed by atoms with Gasteiger partial charge in [0, 0.05) is 12.0 Å².